The van der Waals surface area contributed by atoms with Gasteiger partial charge in [-0.2, -0.15) is 11.3 Å². The zero-order valence-corrected chi connectivity index (χ0v) is 13.0. The molecule has 102 valence electrons. The number of rotatable bonds is 0. The number of furan rings is 1. The summed E-state index contributed by atoms with van der Waals surface area (Å²) in [6.45, 7) is 0. The molecule has 0 atom stereocenters. The standard InChI is InChI=1S/C8H6O.C4H4S.C2H2N2O.Se/c1-2-4-8-7(3-1)5-6-9-8;1-2-4-5-3-1;1-2-5-4-3-1;/h1-6H;1-4H;1-2H;. The van der Waals surface area contributed by atoms with Crippen molar-refractivity contribution in [3.8, 4) is 0 Å². The van der Waals surface area contributed by atoms with Gasteiger partial charge in [0, 0.05) is 27.7 Å². The molecule has 0 aliphatic carbocycles. The first-order valence-corrected chi connectivity index (χ1v) is 6.51. The summed E-state index contributed by atoms with van der Waals surface area (Å²) in [5, 5.41) is 11.7. The van der Waals surface area contributed by atoms with E-state index in [2.05, 4.69) is 14.9 Å². The van der Waals surface area contributed by atoms with E-state index in [9.17, 15) is 0 Å². The summed E-state index contributed by atoms with van der Waals surface area (Å²) in [7, 11) is 0. The third-order valence-corrected chi connectivity index (χ3v) is 2.70. The fraction of sp³-hybridized carbons (Fsp3) is 0. The van der Waals surface area contributed by atoms with E-state index >= 15 is 0 Å². The second kappa shape index (κ2) is 9.97. The summed E-state index contributed by atoms with van der Waals surface area (Å²) in [5.41, 5.74) is 0.956. The van der Waals surface area contributed by atoms with Crippen LogP contribution in [-0.4, -0.2) is 27.4 Å². The normalized spacial score (nSPS) is 8.60. The molecule has 4 aromatic rings. The van der Waals surface area contributed by atoms with Gasteiger partial charge < -0.3 is 8.94 Å². The minimum absolute atomic E-state index is 0. The first-order chi connectivity index (χ1) is 9.47. The summed E-state index contributed by atoms with van der Waals surface area (Å²) < 4.78 is 9.34. The van der Waals surface area contributed by atoms with E-state index in [1.807, 2.05) is 53.2 Å². The first kappa shape index (κ1) is 16.2. The zero-order valence-electron chi connectivity index (χ0n) is 10.5. The molecule has 3 aromatic heterocycles. The van der Waals surface area contributed by atoms with E-state index in [0.29, 0.717) is 0 Å². The largest absolute Gasteiger partial charge is 0.464 e. The van der Waals surface area contributed by atoms with Gasteiger partial charge in [0.1, 0.15) is 11.8 Å². The number of thiophene rings is 1. The van der Waals surface area contributed by atoms with E-state index in [-0.39, 0.29) is 17.1 Å². The van der Waals surface area contributed by atoms with Gasteiger partial charge in [-0.05, 0) is 22.9 Å². The maximum Gasteiger partial charge on any atom is 0.144 e. The van der Waals surface area contributed by atoms with E-state index in [1.54, 1.807) is 17.6 Å². The van der Waals surface area contributed by atoms with Gasteiger partial charge in [-0.3, -0.25) is 0 Å². The van der Waals surface area contributed by atoms with Gasteiger partial charge in [-0.25, -0.2) is 0 Å². The number of aromatic nitrogens is 2. The molecule has 0 unspecified atom stereocenters. The van der Waals surface area contributed by atoms with Crippen molar-refractivity contribution in [3.05, 3.63) is 71.9 Å². The van der Waals surface area contributed by atoms with Crippen LogP contribution in [0.15, 0.2) is 80.9 Å². The molecule has 4 nitrogen and oxygen atoms in total. The summed E-state index contributed by atoms with van der Waals surface area (Å²) in [4.78, 5) is 0. The average Bonchev–Trinajstić information content (AvgIpc) is 3.22. The molecule has 20 heavy (non-hydrogen) atoms. The third kappa shape index (κ3) is 5.84. The third-order valence-electron chi connectivity index (χ3n) is 2.07. The fourth-order valence-electron chi connectivity index (χ4n) is 1.27. The van der Waals surface area contributed by atoms with Crippen LogP contribution in [0.1, 0.15) is 0 Å². The van der Waals surface area contributed by atoms with Crippen LogP contribution in [0, 0.1) is 0 Å². The Balaban J connectivity index is 0.000000158. The van der Waals surface area contributed by atoms with Crippen LogP contribution >= 0.6 is 11.3 Å². The molecule has 0 spiro atoms. The van der Waals surface area contributed by atoms with E-state index in [4.69, 9.17) is 4.42 Å². The molecule has 1 aromatic carbocycles. The summed E-state index contributed by atoms with van der Waals surface area (Å²) in [6, 6.07) is 13.9. The Morgan fingerprint density at radius 1 is 0.900 bits per heavy atom. The van der Waals surface area contributed by atoms with E-state index < -0.39 is 0 Å². The molecule has 0 amide bonds. The average molecular weight is 351 g/mol. The van der Waals surface area contributed by atoms with Crippen molar-refractivity contribution in [1.82, 2.24) is 10.4 Å². The summed E-state index contributed by atoms with van der Waals surface area (Å²) >= 11 is 1.71. The predicted molar refractivity (Wildman–Crippen MR) is 80.6 cm³/mol. The number of benzene rings is 1. The van der Waals surface area contributed by atoms with Crippen LogP contribution in [0.4, 0.5) is 0 Å². The maximum absolute atomic E-state index is 5.12. The van der Waals surface area contributed by atoms with Crippen molar-refractivity contribution in [2.75, 3.05) is 0 Å². The van der Waals surface area contributed by atoms with Crippen LogP contribution in [0.5, 0.6) is 0 Å². The Hall–Kier alpha value is -1.88. The Morgan fingerprint density at radius 3 is 2.20 bits per heavy atom. The van der Waals surface area contributed by atoms with Gasteiger partial charge in [0.05, 0.1) is 12.5 Å². The number of hydrogen-bond donors (Lipinski definition) is 0. The molecule has 0 aliphatic heterocycles. The van der Waals surface area contributed by atoms with Gasteiger partial charge in [0.2, 0.25) is 0 Å². The van der Waals surface area contributed by atoms with Crippen LogP contribution in [0.3, 0.4) is 0 Å². The number of hydrogen-bond acceptors (Lipinski definition) is 5. The monoisotopic (exact) mass is 352 g/mol. The topological polar surface area (TPSA) is 52.1 Å². The Kier molecular flexibility index (Phi) is 8.07. The Labute approximate surface area is 130 Å². The molecule has 6 heteroatoms. The zero-order chi connectivity index (χ0) is 13.2. The first-order valence-electron chi connectivity index (χ1n) is 5.57. The Bertz CT molecular complexity index is 560. The van der Waals surface area contributed by atoms with Gasteiger partial charge in [0.25, 0.3) is 0 Å². The summed E-state index contributed by atoms with van der Waals surface area (Å²) in [6.07, 6.45) is 4.57. The van der Waals surface area contributed by atoms with Gasteiger partial charge >= 0.3 is 0 Å². The molecule has 4 rings (SSSR count). The molecule has 0 aliphatic rings. The smallest absolute Gasteiger partial charge is 0.144 e. The molecule has 0 bridgehead atoms. The van der Waals surface area contributed by atoms with Crippen LogP contribution in [0.25, 0.3) is 11.0 Å². The predicted octanol–water partition coefficient (Wildman–Crippen LogP) is 3.87. The maximum atomic E-state index is 5.12. The number of para-hydroxylation sites is 1. The van der Waals surface area contributed by atoms with Crippen molar-refractivity contribution < 1.29 is 8.94 Å². The van der Waals surface area contributed by atoms with E-state index in [1.165, 1.54) is 12.5 Å². The van der Waals surface area contributed by atoms with Gasteiger partial charge in [-0.1, -0.05) is 30.3 Å². The van der Waals surface area contributed by atoms with Crippen LogP contribution in [-0.2, 0) is 0 Å². The SMILES string of the molecule is [Se].c1ccc2occc2c1.c1ccsc1.c1conn1. The quantitative estimate of drug-likeness (QED) is 0.451. The number of fused-ring (bicyclic) bond motifs is 1. The van der Waals surface area contributed by atoms with Gasteiger partial charge in [0.15, 0.2) is 0 Å². The van der Waals surface area contributed by atoms with Crippen molar-refractivity contribution in [3.63, 3.8) is 0 Å². The van der Waals surface area contributed by atoms with Crippen LogP contribution in [0.2, 0.25) is 0 Å². The molecular weight excluding hydrogens is 339 g/mol. The van der Waals surface area contributed by atoms with E-state index in [0.717, 1.165) is 11.0 Å². The second-order valence-corrected chi connectivity index (χ2v) is 4.16. The van der Waals surface area contributed by atoms with Crippen molar-refractivity contribution in [1.29, 1.82) is 0 Å². The molecular formula is C14H12N2O2SSe. The number of nitrogens with zero attached hydrogens (tertiary/aromatic N) is 2. The van der Waals surface area contributed by atoms with Crippen LogP contribution < -0.4 is 0 Å². The molecule has 0 N–H and O–H groups in total. The molecule has 3 heterocycles. The molecule has 0 saturated heterocycles. The van der Waals surface area contributed by atoms with Gasteiger partial charge in [-0.15, -0.1) is 5.10 Å². The van der Waals surface area contributed by atoms with Crippen molar-refractivity contribution >= 4 is 39.4 Å². The van der Waals surface area contributed by atoms with Crippen molar-refractivity contribution in [2.24, 2.45) is 0 Å². The summed E-state index contributed by atoms with van der Waals surface area (Å²) in [5.74, 6) is 0. The molecule has 2 radical (unpaired) electrons. The minimum atomic E-state index is 0. The minimum Gasteiger partial charge on any atom is -0.464 e. The Morgan fingerprint density at radius 2 is 1.70 bits per heavy atom. The molecule has 0 saturated carbocycles. The molecule has 0 fully saturated rings. The van der Waals surface area contributed by atoms with Crippen molar-refractivity contribution in [2.45, 2.75) is 0 Å². The fourth-order valence-corrected chi connectivity index (χ4v) is 1.72. The second-order valence-electron chi connectivity index (χ2n) is 3.34.